The largest absolute Gasteiger partial charge is 0.349 e. The van der Waals surface area contributed by atoms with Crippen LogP contribution in [0.15, 0.2) is 17.5 Å². The highest BCUT2D eigenvalue weighted by atomic mass is 32.1. The van der Waals surface area contributed by atoms with Crippen LogP contribution in [-0.2, 0) is 0 Å². The van der Waals surface area contributed by atoms with Crippen LogP contribution in [-0.4, -0.2) is 11.9 Å². The third kappa shape index (κ3) is 3.56. The second kappa shape index (κ2) is 6.20. The highest BCUT2D eigenvalue weighted by molar-refractivity contribution is 7.12. The lowest BCUT2D eigenvalue weighted by molar-refractivity contribution is 0.0925. The van der Waals surface area contributed by atoms with Crippen LogP contribution < -0.4 is 5.32 Å². The van der Waals surface area contributed by atoms with Crippen molar-refractivity contribution < 1.29 is 4.79 Å². The summed E-state index contributed by atoms with van der Waals surface area (Å²) in [5.41, 5.74) is 0. The lowest BCUT2D eigenvalue weighted by Crippen LogP contribution is -2.37. The second-order valence-corrected chi connectivity index (χ2v) is 5.90. The first kappa shape index (κ1) is 12.6. The van der Waals surface area contributed by atoms with Crippen molar-refractivity contribution in [2.24, 2.45) is 5.92 Å². The number of hydrogen-bond donors (Lipinski definition) is 1. The zero-order valence-electron chi connectivity index (χ0n) is 10.4. The molecule has 2 nitrogen and oxygen atoms in total. The number of carbonyl (C=O) groups excluding carboxylic acids is 1. The Morgan fingerprint density at radius 3 is 2.76 bits per heavy atom. The van der Waals surface area contributed by atoms with Crippen molar-refractivity contribution in [2.75, 3.05) is 0 Å². The Morgan fingerprint density at radius 1 is 1.41 bits per heavy atom. The van der Waals surface area contributed by atoms with Gasteiger partial charge in [0.05, 0.1) is 4.88 Å². The molecule has 0 saturated heterocycles. The van der Waals surface area contributed by atoms with Crippen LogP contribution in [0.3, 0.4) is 0 Å². The Hall–Kier alpha value is -0.830. The number of amides is 1. The first-order chi connectivity index (χ1) is 8.29. The lowest BCUT2D eigenvalue weighted by atomic mass is 9.83. The normalized spacial score (nSPS) is 24.5. The van der Waals surface area contributed by atoms with Crippen LogP contribution in [0.2, 0.25) is 0 Å². The molecule has 1 aromatic heterocycles. The van der Waals surface area contributed by atoms with Gasteiger partial charge in [-0.05, 0) is 43.0 Å². The number of hydrogen-bond acceptors (Lipinski definition) is 2. The summed E-state index contributed by atoms with van der Waals surface area (Å²) >= 11 is 1.52. The van der Waals surface area contributed by atoms with E-state index in [2.05, 4.69) is 12.2 Å². The molecule has 0 aliphatic heterocycles. The number of carbonyl (C=O) groups is 1. The third-order valence-electron chi connectivity index (χ3n) is 3.62. The number of rotatable bonds is 4. The van der Waals surface area contributed by atoms with Crippen LogP contribution in [0.5, 0.6) is 0 Å². The van der Waals surface area contributed by atoms with E-state index in [1.54, 1.807) is 0 Å². The quantitative estimate of drug-likeness (QED) is 0.865. The van der Waals surface area contributed by atoms with Crippen LogP contribution in [0.25, 0.3) is 0 Å². The zero-order chi connectivity index (χ0) is 12.1. The van der Waals surface area contributed by atoms with E-state index in [1.807, 2.05) is 17.5 Å². The summed E-state index contributed by atoms with van der Waals surface area (Å²) in [6, 6.07) is 4.22. The molecule has 0 radical (unpaired) electrons. The van der Waals surface area contributed by atoms with Gasteiger partial charge >= 0.3 is 0 Å². The summed E-state index contributed by atoms with van der Waals surface area (Å²) in [5, 5.41) is 5.11. The maximum Gasteiger partial charge on any atom is 0.261 e. The molecule has 1 aliphatic rings. The second-order valence-electron chi connectivity index (χ2n) is 4.96. The predicted octanol–water partition coefficient (Wildman–Crippen LogP) is 3.84. The van der Waals surface area contributed by atoms with Gasteiger partial charge in [0.25, 0.3) is 5.91 Å². The summed E-state index contributed by atoms with van der Waals surface area (Å²) in [4.78, 5) is 12.7. The maximum atomic E-state index is 11.9. The molecule has 1 aromatic rings. The van der Waals surface area contributed by atoms with Crippen molar-refractivity contribution >= 4 is 17.2 Å². The Labute approximate surface area is 107 Å². The van der Waals surface area contributed by atoms with E-state index in [4.69, 9.17) is 0 Å². The van der Waals surface area contributed by atoms with E-state index in [0.717, 1.165) is 23.6 Å². The van der Waals surface area contributed by atoms with Crippen LogP contribution in [0.4, 0.5) is 0 Å². The Morgan fingerprint density at radius 2 is 2.18 bits per heavy atom. The van der Waals surface area contributed by atoms with E-state index in [9.17, 15) is 4.79 Å². The fraction of sp³-hybridized carbons (Fsp3) is 0.643. The van der Waals surface area contributed by atoms with Crippen LogP contribution >= 0.6 is 11.3 Å². The van der Waals surface area contributed by atoms with Gasteiger partial charge in [0.15, 0.2) is 0 Å². The fourth-order valence-electron chi connectivity index (χ4n) is 2.67. The monoisotopic (exact) mass is 251 g/mol. The molecule has 94 valence electrons. The summed E-state index contributed by atoms with van der Waals surface area (Å²) in [6.45, 7) is 2.25. The first-order valence-electron chi connectivity index (χ1n) is 6.64. The van der Waals surface area contributed by atoms with Gasteiger partial charge in [-0.3, -0.25) is 4.79 Å². The highest BCUT2D eigenvalue weighted by Gasteiger charge is 2.22. The minimum Gasteiger partial charge on any atom is -0.349 e. The van der Waals surface area contributed by atoms with Crippen molar-refractivity contribution in [3.8, 4) is 0 Å². The SMILES string of the molecule is CCCC1CCC(NC(=O)c2cccs2)CC1. The molecule has 1 heterocycles. The standard InChI is InChI=1S/C14H21NOS/c1-2-4-11-6-8-12(9-7-11)15-14(16)13-5-3-10-17-13/h3,5,10-12H,2,4,6-9H2,1H3,(H,15,16). The van der Waals surface area contributed by atoms with Crippen LogP contribution in [0.1, 0.15) is 55.1 Å². The molecule has 17 heavy (non-hydrogen) atoms. The summed E-state index contributed by atoms with van der Waals surface area (Å²) in [6.07, 6.45) is 7.51. The van der Waals surface area contributed by atoms with Gasteiger partial charge in [-0.15, -0.1) is 11.3 Å². The zero-order valence-corrected chi connectivity index (χ0v) is 11.3. The van der Waals surface area contributed by atoms with Gasteiger partial charge in [0.1, 0.15) is 0 Å². The summed E-state index contributed by atoms with van der Waals surface area (Å²) < 4.78 is 0. The predicted molar refractivity (Wildman–Crippen MR) is 72.4 cm³/mol. The van der Waals surface area contributed by atoms with Crippen LogP contribution in [0, 0.1) is 5.92 Å². The highest BCUT2D eigenvalue weighted by Crippen LogP contribution is 2.27. The Balaban J connectivity index is 1.76. The molecule has 0 atom stereocenters. The van der Waals surface area contributed by atoms with Crippen molar-refractivity contribution in [3.05, 3.63) is 22.4 Å². The molecule has 1 N–H and O–H groups in total. The van der Waals surface area contributed by atoms with E-state index in [0.29, 0.717) is 6.04 Å². The average molecular weight is 251 g/mol. The maximum absolute atomic E-state index is 11.9. The molecule has 0 spiro atoms. The average Bonchev–Trinajstić information content (AvgIpc) is 2.86. The van der Waals surface area contributed by atoms with Crippen molar-refractivity contribution in [2.45, 2.75) is 51.5 Å². The molecule has 2 rings (SSSR count). The van der Waals surface area contributed by atoms with Gasteiger partial charge in [0, 0.05) is 6.04 Å². The van der Waals surface area contributed by atoms with Gasteiger partial charge in [0.2, 0.25) is 0 Å². The molecule has 1 fully saturated rings. The third-order valence-corrected chi connectivity index (χ3v) is 4.49. The van der Waals surface area contributed by atoms with E-state index in [-0.39, 0.29) is 5.91 Å². The molecule has 1 amide bonds. The Bertz CT molecular complexity index is 339. The van der Waals surface area contributed by atoms with E-state index in [1.165, 1.54) is 37.0 Å². The summed E-state index contributed by atoms with van der Waals surface area (Å²) in [5.74, 6) is 1.01. The summed E-state index contributed by atoms with van der Waals surface area (Å²) in [7, 11) is 0. The molecule has 1 aliphatic carbocycles. The van der Waals surface area contributed by atoms with Crippen molar-refractivity contribution in [1.82, 2.24) is 5.32 Å². The molecular formula is C14H21NOS. The number of nitrogens with one attached hydrogen (secondary N) is 1. The molecule has 1 saturated carbocycles. The first-order valence-corrected chi connectivity index (χ1v) is 7.52. The van der Waals surface area contributed by atoms with Crippen molar-refractivity contribution in [1.29, 1.82) is 0 Å². The number of thiophene rings is 1. The molecule has 0 unspecified atom stereocenters. The van der Waals surface area contributed by atoms with Gasteiger partial charge in [-0.25, -0.2) is 0 Å². The lowest BCUT2D eigenvalue weighted by Gasteiger charge is -2.28. The van der Waals surface area contributed by atoms with E-state index < -0.39 is 0 Å². The van der Waals surface area contributed by atoms with Crippen molar-refractivity contribution in [3.63, 3.8) is 0 Å². The van der Waals surface area contributed by atoms with Gasteiger partial charge in [-0.1, -0.05) is 25.8 Å². The van der Waals surface area contributed by atoms with Gasteiger partial charge < -0.3 is 5.32 Å². The van der Waals surface area contributed by atoms with Gasteiger partial charge in [-0.2, -0.15) is 0 Å². The minimum absolute atomic E-state index is 0.110. The molecule has 3 heteroatoms. The topological polar surface area (TPSA) is 29.1 Å². The van der Waals surface area contributed by atoms with E-state index >= 15 is 0 Å². The molecule has 0 aromatic carbocycles. The smallest absolute Gasteiger partial charge is 0.261 e. The fourth-order valence-corrected chi connectivity index (χ4v) is 3.29. The minimum atomic E-state index is 0.110. The Kier molecular flexibility index (Phi) is 4.60. The molecular weight excluding hydrogens is 230 g/mol. The molecule has 0 bridgehead atoms.